The number of hydrogen-bond acceptors (Lipinski definition) is 5. The smallest absolute Gasteiger partial charge is 0.282 e. The molecule has 3 heterocycles. The molecule has 0 atom stereocenters. The van der Waals surface area contributed by atoms with E-state index in [-0.39, 0.29) is 5.56 Å². The Morgan fingerprint density at radius 3 is 2.48 bits per heavy atom. The zero-order valence-corrected chi connectivity index (χ0v) is 17.7. The van der Waals surface area contributed by atoms with Crippen molar-refractivity contribution in [1.82, 2.24) is 19.2 Å². The lowest BCUT2D eigenvalue weighted by atomic mass is 10.1. The molecule has 1 saturated heterocycles. The van der Waals surface area contributed by atoms with E-state index in [0.717, 1.165) is 43.0 Å². The maximum absolute atomic E-state index is 12.8. The normalized spacial score (nSPS) is 14.6. The third kappa shape index (κ3) is 3.64. The van der Waals surface area contributed by atoms with E-state index in [9.17, 15) is 4.79 Å². The molecule has 2 aromatic carbocycles. The van der Waals surface area contributed by atoms with E-state index in [2.05, 4.69) is 16.0 Å². The minimum Gasteiger partial charge on any atom is -0.341 e. The molecule has 5 rings (SSSR count). The van der Waals surface area contributed by atoms with Crippen LogP contribution in [0.25, 0.3) is 16.7 Å². The number of halogens is 1. The van der Waals surface area contributed by atoms with E-state index < -0.39 is 0 Å². The lowest BCUT2D eigenvalue weighted by Crippen LogP contribution is -2.26. The number of aromatic nitrogens is 4. The van der Waals surface area contributed by atoms with E-state index in [0.29, 0.717) is 28.3 Å². The molecule has 0 amide bonds. The molecule has 0 aliphatic carbocycles. The predicted octanol–water partition coefficient (Wildman–Crippen LogP) is 4.00. The summed E-state index contributed by atoms with van der Waals surface area (Å²) in [5.74, 6) is 1.30. The number of anilines is 1. The molecular formula is C23H21ClN6O. The van der Waals surface area contributed by atoms with Crippen LogP contribution in [-0.4, -0.2) is 32.3 Å². The van der Waals surface area contributed by atoms with E-state index in [4.69, 9.17) is 22.0 Å². The van der Waals surface area contributed by atoms with Gasteiger partial charge in [-0.25, -0.2) is 9.08 Å². The van der Waals surface area contributed by atoms with Crippen molar-refractivity contribution >= 4 is 34.2 Å². The molecule has 31 heavy (non-hydrogen) atoms. The topological polar surface area (TPSA) is 79.2 Å². The minimum absolute atomic E-state index is 0.319. The molecule has 7 nitrogen and oxygen atoms in total. The number of nitrogens with zero attached hydrogens (tertiary/aromatic N) is 6. The first-order valence-corrected chi connectivity index (χ1v) is 10.8. The summed E-state index contributed by atoms with van der Waals surface area (Å²) in [5.41, 5.74) is 2.03. The molecule has 0 unspecified atom stereocenters. The van der Waals surface area contributed by atoms with Gasteiger partial charge in [0.2, 0.25) is 11.7 Å². The second-order valence-corrected chi connectivity index (χ2v) is 8.32. The Balaban J connectivity index is 1.71. The van der Waals surface area contributed by atoms with Crippen LogP contribution in [-0.2, 0) is 6.54 Å². The summed E-state index contributed by atoms with van der Waals surface area (Å²) in [5, 5.41) is 15.0. The molecule has 0 N–H and O–H groups in total. The van der Waals surface area contributed by atoms with Gasteiger partial charge in [-0.15, -0.1) is 5.10 Å². The predicted molar refractivity (Wildman–Crippen MR) is 121 cm³/mol. The van der Waals surface area contributed by atoms with Crippen LogP contribution in [0.15, 0.2) is 47.3 Å². The SMILES string of the molecule is N#Cc1ccc(Cn2nc(N3CCCCCC3)n3c4ccc(Cl)cc4c(=O)nc23)cc1. The Morgan fingerprint density at radius 2 is 1.77 bits per heavy atom. The maximum atomic E-state index is 12.8. The van der Waals surface area contributed by atoms with E-state index in [1.165, 1.54) is 12.8 Å². The number of rotatable bonds is 3. The molecular weight excluding hydrogens is 412 g/mol. The minimum atomic E-state index is -0.319. The standard InChI is InChI=1S/C23H21ClN6O/c24-18-9-10-20-19(13-18)21(31)26-22-29(15-17-7-5-16(14-25)6-8-17)27-23(30(20)22)28-11-3-1-2-4-12-28/h5-10,13H,1-4,11-12,15H2. The van der Waals surface area contributed by atoms with Crippen LogP contribution in [0.5, 0.6) is 0 Å². The molecule has 2 aromatic heterocycles. The van der Waals surface area contributed by atoms with Crippen molar-refractivity contribution in [3.05, 3.63) is 69.0 Å². The van der Waals surface area contributed by atoms with Gasteiger partial charge in [-0.05, 0) is 48.7 Å². The Labute approximate surface area is 184 Å². The van der Waals surface area contributed by atoms with Gasteiger partial charge in [-0.3, -0.25) is 4.79 Å². The van der Waals surface area contributed by atoms with Crippen LogP contribution in [0, 0.1) is 11.3 Å². The average Bonchev–Trinajstić information content (AvgIpc) is 2.95. The summed E-state index contributed by atoms with van der Waals surface area (Å²) < 4.78 is 3.75. The van der Waals surface area contributed by atoms with Gasteiger partial charge in [0.05, 0.1) is 29.1 Å². The Bertz CT molecular complexity index is 1360. The van der Waals surface area contributed by atoms with Gasteiger partial charge in [0.1, 0.15) is 0 Å². The Hall–Kier alpha value is -3.37. The fraction of sp³-hybridized carbons (Fsp3) is 0.304. The highest BCUT2D eigenvalue weighted by atomic mass is 35.5. The molecule has 0 saturated carbocycles. The van der Waals surface area contributed by atoms with Crippen LogP contribution >= 0.6 is 11.6 Å². The van der Waals surface area contributed by atoms with Gasteiger partial charge in [-0.2, -0.15) is 10.2 Å². The Morgan fingerprint density at radius 1 is 1.03 bits per heavy atom. The zero-order valence-electron chi connectivity index (χ0n) is 17.0. The zero-order chi connectivity index (χ0) is 21.4. The summed E-state index contributed by atoms with van der Waals surface area (Å²) in [4.78, 5) is 19.5. The van der Waals surface area contributed by atoms with Crippen LogP contribution in [0.3, 0.4) is 0 Å². The van der Waals surface area contributed by atoms with Gasteiger partial charge in [0.15, 0.2) is 0 Å². The van der Waals surface area contributed by atoms with Crippen molar-refractivity contribution in [2.24, 2.45) is 0 Å². The number of benzene rings is 2. The monoisotopic (exact) mass is 432 g/mol. The summed E-state index contributed by atoms with van der Waals surface area (Å²) >= 11 is 6.16. The number of fused-ring (bicyclic) bond motifs is 3. The fourth-order valence-corrected chi connectivity index (χ4v) is 4.36. The summed E-state index contributed by atoms with van der Waals surface area (Å²) in [6, 6.07) is 14.8. The third-order valence-electron chi connectivity index (χ3n) is 5.78. The molecule has 4 aromatic rings. The Kier molecular flexibility index (Phi) is 5.08. The van der Waals surface area contributed by atoms with Crippen molar-refractivity contribution in [3.63, 3.8) is 0 Å². The quantitative estimate of drug-likeness (QED) is 0.489. The molecule has 0 bridgehead atoms. The van der Waals surface area contributed by atoms with E-state index >= 15 is 0 Å². The van der Waals surface area contributed by atoms with Crippen molar-refractivity contribution in [2.45, 2.75) is 32.2 Å². The van der Waals surface area contributed by atoms with Gasteiger partial charge >= 0.3 is 0 Å². The van der Waals surface area contributed by atoms with Crippen molar-refractivity contribution in [2.75, 3.05) is 18.0 Å². The second-order valence-electron chi connectivity index (χ2n) is 7.88. The lowest BCUT2D eigenvalue weighted by molar-refractivity contribution is 0.685. The fourth-order valence-electron chi connectivity index (χ4n) is 4.19. The second kappa shape index (κ2) is 8.05. The summed E-state index contributed by atoms with van der Waals surface area (Å²) in [7, 11) is 0. The van der Waals surface area contributed by atoms with E-state index in [1.54, 1.807) is 28.9 Å². The van der Waals surface area contributed by atoms with Crippen LogP contribution in [0.4, 0.5) is 5.95 Å². The lowest BCUT2D eigenvalue weighted by Gasteiger charge is -2.20. The van der Waals surface area contributed by atoms with Crippen molar-refractivity contribution < 1.29 is 0 Å². The molecule has 1 aliphatic rings. The van der Waals surface area contributed by atoms with Crippen LogP contribution < -0.4 is 10.5 Å². The van der Waals surface area contributed by atoms with Crippen molar-refractivity contribution in [3.8, 4) is 6.07 Å². The van der Waals surface area contributed by atoms with Gasteiger partial charge in [0.25, 0.3) is 5.56 Å². The highest BCUT2D eigenvalue weighted by Crippen LogP contribution is 2.25. The molecule has 1 aliphatic heterocycles. The average molecular weight is 433 g/mol. The van der Waals surface area contributed by atoms with Crippen molar-refractivity contribution in [1.29, 1.82) is 5.26 Å². The first-order chi connectivity index (χ1) is 15.1. The van der Waals surface area contributed by atoms with Crippen LogP contribution in [0.1, 0.15) is 36.8 Å². The number of nitriles is 1. The highest BCUT2D eigenvalue weighted by Gasteiger charge is 2.21. The molecule has 8 heteroatoms. The van der Waals surface area contributed by atoms with Gasteiger partial charge < -0.3 is 4.90 Å². The van der Waals surface area contributed by atoms with Crippen LogP contribution in [0.2, 0.25) is 5.02 Å². The third-order valence-corrected chi connectivity index (χ3v) is 6.01. The maximum Gasteiger partial charge on any atom is 0.282 e. The van der Waals surface area contributed by atoms with Gasteiger partial charge in [-0.1, -0.05) is 36.6 Å². The first-order valence-electron chi connectivity index (χ1n) is 10.5. The largest absolute Gasteiger partial charge is 0.341 e. The molecule has 0 spiro atoms. The summed E-state index contributed by atoms with van der Waals surface area (Å²) in [6.45, 7) is 2.29. The highest BCUT2D eigenvalue weighted by molar-refractivity contribution is 6.31. The van der Waals surface area contributed by atoms with Gasteiger partial charge in [0, 0.05) is 18.1 Å². The summed E-state index contributed by atoms with van der Waals surface area (Å²) in [6.07, 6.45) is 4.65. The first kappa shape index (κ1) is 19.6. The van der Waals surface area contributed by atoms with E-state index in [1.807, 2.05) is 22.6 Å². The molecule has 0 radical (unpaired) electrons. The number of hydrogen-bond donors (Lipinski definition) is 0. The molecule has 156 valence electrons. The molecule has 1 fully saturated rings.